The standard InChI is InChI=1S/C13H15N5O/c1-2-18-12-6-4-3-5-10(12)11(16-18)7-14-8-13-15-9-19-17-13/h3-6,9,14H,2,7-8H2,1H3. The molecule has 3 aromatic rings. The van der Waals surface area contributed by atoms with E-state index in [1.807, 2.05) is 16.8 Å². The number of rotatable bonds is 5. The zero-order valence-electron chi connectivity index (χ0n) is 10.7. The van der Waals surface area contributed by atoms with Gasteiger partial charge in [0.05, 0.1) is 17.8 Å². The van der Waals surface area contributed by atoms with Crippen molar-refractivity contribution in [1.82, 2.24) is 25.2 Å². The Labute approximate surface area is 110 Å². The summed E-state index contributed by atoms with van der Waals surface area (Å²) in [4.78, 5) is 3.97. The Morgan fingerprint density at radius 2 is 2.16 bits per heavy atom. The molecule has 0 atom stereocenters. The number of aromatic nitrogens is 4. The molecule has 0 spiro atoms. The Balaban J connectivity index is 1.77. The summed E-state index contributed by atoms with van der Waals surface area (Å²) in [5.41, 5.74) is 2.21. The Morgan fingerprint density at radius 3 is 2.95 bits per heavy atom. The van der Waals surface area contributed by atoms with Gasteiger partial charge in [-0.1, -0.05) is 23.4 Å². The van der Waals surface area contributed by atoms with E-state index in [1.54, 1.807) is 0 Å². The third kappa shape index (κ3) is 2.34. The molecule has 2 heterocycles. The predicted molar refractivity (Wildman–Crippen MR) is 70.2 cm³/mol. The molecule has 98 valence electrons. The lowest BCUT2D eigenvalue weighted by Gasteiger charge is -1.98. The Hall–Kier alpha value is -2.21. The molecule has 0 unspecified atom stereocenters. The first-order chi connectivity index (χ1) is 9.38. The van der Waals surface area contributed by atoms with Gasteiger partial charge in [-0.25, -0.2) is 0 Å². The van der Waals surface area contributed by atoms with Crippen molar-refractivity contribution in [2.75, 3.05) is 0 Å². The van der Waals surface area contributed by atoms with Crippen molar-refractivity contribution in [3.8, 4) is 0 Å². The highest BCUT2D eigenvalue weighted by Gasteiger charge is 2.08. The number of fused-ring (bicyclic) bond motifs is 1. The third-order valence-electron chi connectivity index (χ3n) is 3.02. The average Bonchev–Trinajstić information content (AvgIpc) is 3.07. The van der Waals surface area contributed by atoms with Crippen molar-refractivity contribution in [3.05, 3.63) is 42.2 Å². The fourth-order valence-electron chi connectivity index (χ4n) is 2.13. The first-order valence-electron chi connectivity index (χ1n) is 6.29. The van der Waals surface area contributed by atoms with E-state index in [4.69, 9.17) is 0 Å². The highest BCUT2D eigenvalue weighted by molar-refractivity contribution is 5.81. The van der Waals surface area contributed by atoms with Crippen molar-refractivity contribution >= 4 is 10.9 Å². The first kappa shape index (κ1) is 11.9. The molecule has 0 amide bonds. The SMILES string of the molecule is CCn1nc(CNCc2ncon2)c2ccccc21. The van der Waals surface area contributed by atoms with E-state index >= 15 is 0 Å². The summed E-state index contributed by atoms with van der Waals surface area (Å²) in [6, 6.07) is 8.26. The van der Waals surface area contributed by atoms with Crippen LogP contribution in [0.1, 0.15) is 18.4 Å². The van der Waals surface area contributed by atoms with Gasteiger partial charge in [-0.15, -0.1) is 0 Å². The number of hydrogen-bond donors (Lipinski definition) is 1. The van der Waals surface area contributed by atoms with Crippen LogP contribution in [0.5, 0.6) is 0 Å². The maximum absolute atomic E-state index is 4.69. The fourth-order valence-corrected chi connectivity index (χ4v) is 2.13. The molecule has 6 nitrogen and oxygen atoms in total. The summed E-state index contributed by atoms with van der Waals surface area (Å²) in [6.45, 7) is 4.22. The molecule has 0 radical (unpaired) electrons. The van der Waals surface area contributed by atoms with Crippen LogP contribution in [-0.2, 0) is 19.6 Å². The van der Waals surface area contributed by atoms with E-state index in [0.717, 1.165) is 12.2 Å². The van der Waals surface area contributed by atoms with Crippen molar-refractivity contribution in [2.45, 2.75) is 26.6 Å². The number of benzene rings is 1. The molecule has 1 N–H and O–H groups in total. The lowest BCUT2D eigenvalue weighted by molar-refractivity contribution is 0.407. The van der Waals surface area contributed by atoms with Crippen LogP contribution < -0.4 is 5.32 Å². The van der Waals surface area contributed by atoms with Gasteiger partial charge in [-0.2, -0.15) is 10.1 Å². The van der Waals surface area contributed by atoms with Crippen molar-refractivity contribution in [3.63, 3.8) is 0 Å². The van der Waals surface area contributed by atoms with E-state index in [-0.39, 0.29) is 0 Å². The highest BCUT2D eigenvalue weighted by atomic mass is 16.5. The van der Waals surface area contributed by atoms with Gasteiger partial charge >= 0.3 is 0 Å². The summed E-state index contributed by atoms with van der Waals surface area (Å²) < 4.78 is 6.70. The molecule has 0 saturated carbocycles. The molecule has 0 aliphatic rings. The smallest absolute Gasteiger partial charge is 0.213 e. The van der Waals surface area contributed by atoms with E-state index in [2.05, 4.69) is 44.1 Å². The largest absolute Gasteiger partial charge is 0.343 e. The zero-order valence-corrected chi connectivity index (χ0v) is 10.7. The van der Waals surface area contributed by atoms with Crippen LogP contribution in [0.2, 0.25) is 0 Å². The maximum atomic E-state index is 4.69. The molecule has 0 aliphatic heterocycles. The molecule has 3 rings (SSSR count). The lowest BCUT2D eigenvalue weighted by atomic mass is 10.2. The molecule has 6 heteroatoms. The summed E-state index contributed by atoms with van der Waals surface area (Å²) in [7, 11) is 0. The monoisotopic (exact) mass is 257 g/mol. The van der Waals surface area contributed by atoms with Gasteiger partial charge in [-0.3, -0.25) is 4.68 Å². The van der Waals surface area contributed by atoms with Crippen LogP contribution in [0.25, 0.3) is 10.9 Å². The Bertz CT molecular complexity index is 659. The molecule has 1 aromatic carbocycles. The van der Waals surface area contributed by atoms with Crippen LogP contribution in [-0.4, -0.2) is 19.9 Å². The molecule has 0 fully saturated rings. The van der Waals surface area contributed by atoms with E-state index in [1.165, 1.54) is 17.3 Å². The van der Waals surface area contributed by atoms with Gasteiger partial charge in [0, 0.05) is 18.5 Å². The third-order valence-corrected chi connectivity index (χ3v) is 3.02. The second-order valence-electron chi connectivity index (χ2n) is 4.23. The van der Waals surface area contributed by atoms with Gasteiger partial charge in [-0.05, 0) is 13.0 Å². The first-order valence-corrected chi connectivity index (χ1v) is 6.29. The van der Waals surface area contributed by atoms with Gasteiger partial charge in [0.2, 0.25) is 6.39 Å². The summed E-state index contributed by atoms with van der Waals surface area (Å²) >= 11 is 0. The van der Waals surface area contributed by atoms with Crippen LogP contribution in [0, 0.1) is 0 Å². The lowest BCUT2D eigenvalue weighted by Crippen LogP contribution is -2.14. The minimum Gasteiger partial charge on any atom is -0.343 e. The van der Waals surface area contributed by atoms with Crippen LogP contribution >= 0.6 is 0 Å². The Morgan fingerprint density at radius 1 is 1.26 bits per heavy atom. The average molecular weight is 257 g/mol. The van der Waals surface area contributed by atoms with E-state index in [0.29, 0.717) is 18.9 Å². The van der Waals surface area contributed by atoms with Gasteiger partial charge < -0.3 is 9.84 Å². The van der Waals surface area contributed by atoms with Crippen LogP contribution in [0.3, 0.4) is 0 Å². The molecule has 2 aromatic heterocycles. The second kappa shape index (κ2) is 5.19. The quantitative estimate of drug-likeness (QED) is 0.753. The molecular formula is C13H15N5O. The maximum Gasteiger partial charge on any atom is 0.213 e. The summed E-state index contributed by atoms with van der Waals surface area (Å²) in [5, 5.41) is 12.8. The molecule has 19 heavy (non-hydrogen) atoms. The van der Waals surface area contributed by atoms with Crippen molar-refractivity contribution < 1.29 is 4.52 Å². The zero-order chi connectivity index (χ0) is 13.1. The number of aryl methyl sites for hydroxylation is 1. The normalized spacial score (nSPS) is 11.2. The topological polar surface area (TPSA) is 68.8 Å². The van der Waals surface area contributed by atoms with Crippen LogP contribution in [0.4, 0.5) is 0 Å². The fraction of sp³-hybridized carbons (Fsp3) is 0.308. The molecule has 0 aliphatic carbocycles. The predicted octanol–water partition coefficient (Wildman–Crippen LogP) is 1.73. The molecule has 0 saturated heterocycles. The summed E-state index contributed by atoms with van der Waals surface area (Å²) in [5.74, 6) is 0.652. The Kier molecular flexibility index (Phi) is 3.24. The number of hydrogen-bond acceptors (Lipinski definition) is 5. The summed E-state index contributed by atoms with van der Waals surface area (Å²) in [6.07, 6.45) is 1.33. The minimum absolute atomic E-state index is 0.573. The molecular weight excluding hydrogens is 242 g/mol. The van der Waals surface area contributed by atoms with E-state index in [9.17, 15) is 0 Å². The number of para-hydroxylation sites is 1. The van der Waals surface area contributed by atoms with Crippen LogP contribution in [0.15, 0.2) is 35.2 Å². The number of nitrogens with one attached hydrogen (secondary N) is 1. The van der Waals surface area contributed by atoms with Crippen molar-refractivity contribution in [2.24, 2.45) is 0 Å². The number of nitrogens with zero attached hydrogens (tertiary/aromatic N) is 4. The van der Waals surface area contributed by atoms with Gasteiger partial charge in [0.1, 0.15) is 0 Å². The second-order valence-corrected chi connectivity index (χ2v) is 4.23. The molecule has 0 bridgehead atoms. The minimum atomic E-state index is 0.573. The van der Waals surface area contributed by atoms with Crippen molar-refractivity contribution in [1.29, 1.82) is 0 Å². The van der Waals surface area contributed by atoms with Gasteiger partial charge in [0.25, 0.3) is 0 Å². The van der Waals surface area contributed by atoms with E-state index < -0.39 is 0 Å². The highest BCUT2D eigenvalue weighted by Crippen LogP contribution is 2.18. The van der Waals surface area contributed by atoms with Gasteiger partial charge in [0.15, 0.2) is 5.82 Å².